The Balaban J connectivity index is 1.75. The topological polar surface area (TPSA) is 129 Å². The van der Waals surface area contributed by atoms with Gasteiger partial charge in [-0.25, -0.2) is 24.7 Å². The summed E-state index contributed by atoms with van der Waals surface area (Å²) in [7, 11) is 0. The minimum Gasteiger partial charge on any atom is -0.465 e. The molecule has 1 amide bonds. The predicted octanol–water partition coefficient (Wildman–Crippen LogP) is 4.27. The molecule has 152 valence electrons. The van der Waals surface area contributed by atoms with E-state index in [1.807, 2.05) is 0 Å². The number of carboxylic acid groups (broad SMARTS) is 1. The SMILES string of the molecule is O=C(O)Nc1cc(Nc2nc(-c3cccc(C(F)(F)F)n3)nc3[nH]ccc23)ccn1. The van der Waals surface area contributed by atoms with Crippen LogP contribution < -0.4 is 10.6 Å². The fourth-order valence-corrected chi connectivity index (χ4v) is 2.69. The third-order valence-electron chi connectivity index (χ3n) is 3.94. The van der Waals surface area contributed by atoms with E-state index in [4.69, 9.17) is 5.11 Å². The second kappa shape index (κ2) is 7.31. The lowest BCUT2D eigenvalue weighted by atomic mass is 10.2. The Labute approximate surface area is 166 Å². The molecule has 4 aromatic heterocycles. The summed E-state index contributed by atoms with van der Waals surface area (Å²) in [6.45, 7) is 0. The third-order valence-corrected chi connectivity index (χ3v) is 3.94. The summed E-state index contributed by atoms with van der Waals surface area (Å²) in [5, 5.41) is 14.5. The summed E-state index contributed by atoms with van der Waals surface area (Å²) in [6.07, 6.45) is -2.87. The van der Waals surface area contributed by atoms with E-state index in [-0.39, 0.29) is 17.3 Å². The van der Waals surface area contributed by atoms with Crippen LogP contribution in [-0.4, -0.2) is 36.1 Å². The lowest BCUT2D eigenvalue weighted by molar-refractivity contribution is -0.141. The lowest BCUT2D eigenvalue weighted by Gasteiger charge is -2.11. The second-order valence-electron chi connectivity index (χ2n) is 6.03. The molecular weight excluding hydrogens is 403 g/mol. The molecule has 30 heavy (non-hydrogen) atoms. The van der Waals surface area contributed by atoms with Crippen LogP contribution in [0.4, 0.5) is 35.3 Å². The van der Waals surface area contributed by atoms with Crippen LogP contribution in [0.15, 0.2) is 48.8 Å². The molecule has 0 bridgehead atoms. The number of aromatic nitrogens is 5. The molecule has 0 unspecified atom stereocenters. The maximum absolute atomic E-state index is 13.0. The molecule has 0 spiro atoms. The van der Waals surface area contributed by atoms with E-state index < -0.39 is 18.0 Å². The number of anilines is 3. The van der Waals surface area contributed by atoms with Gasteiger partial charge in [-0.05, 0) is 24.3 Å². The van der Waals surface area contributed by atoms with Gasteiger partial charge in [0.05, 0.1) is 5.39 Å². The van der Waals surface area contributed by atoms with Crippen molar-refractivity contribution in [2.45, 2.75) is 6.18 Å². The lowest BCUT2D eigenvalue weighted by Crippen LogP contribution is -2.09. The first-order chi connectivity index (χ1) is 14.3. The number of hydrogen-bond acceptors (Lipinski definition) is 6. The molecule has 4 N–H and O–H groups in total. The van der Waals surface area contributed by atoms with Crippen LogP contribution in [-0.2, 0) is 6.18 Å². The molecule has 4 aromatic rings. The number of fused-ring (bicyclic) bond motifs is 1. The normalized spacial score (nSPS) is 11.4. The zero-order chi connectivity index (χ0) is 21.3. The minimum atomic E-state index is -4.60. The van der Waals surface area contributed by atoms with Crippen LogP contribution in [0.1, 0.15) is 5.69 Å². The van der Waals surface area contributed by atoms with Crippen molar-refractivity contribution < 1.29 is 23.1 Å². The summed E-state index contributed by atoms with van der Waals surface area (Å²) < 4.78 is 39.0. The van der Waals surface area contributed by atoms with Crippen molar-refractivity contribution in [2.75, 3.05) is 10.6 Å². The Hall–Kier alpha value is -4.22. The summed E-state index contributed by atoms with van der Waals surface area (Å²) in [5.41, 5.74) is -0.256. The van der Waals surface area contributed by atoms with Gasteiger partial charge < -0.3 is 15.4 Å². The van der Waals surface area contributed by atoms with Crippen LogP contribution in [0.2, 0.25) is 0 Å². The molecule has 4 heterocycles. The minimum absolute atomic E-state index is 0.0171. The van der Waals surface area contributed by atoms with Crippen LogP contribution in [0.5, 0.6) is 0 Å². The van der Waals surface area contributed by atoms with E-state index in [1.54, 1.807) is 18.3 Å². The zero-order valence-electron chi connectivity index (χ0n) is 14.9. The van der Waals surface area contributed by atoms with Gasteiger partial charge in [0.25, 0.3) is 0 Å². The highest BCUT2D eigenvalue weighted by molar-refractivity contribution is 5.90. The van der Waals surface area contributed by atoms with Gasteiger partial charge in [0, 0.05) is 24.1 Å². The molecule has 0 fully saturated rings. The van der Waals surface area contributed by atoms with Crippen molar-refractivity contribution in [3.8, 4) is 11.5 Å². The number of halogens is 3. The average Bonchev–Trinajstić information content (AvgIpc) is 3.16. The Morgan fingerprint density at radius 3 is 2.70 bits per heavy atom. The van der Waals surface area contributed by atoms with Crippen LogP contribution >= 0.6 is 0 Å². The molecular formula is C18H12F3N7O2. The van der Waals surface area contributed by atoms with Gasteiger partial charge >= 0.3 is 12.3 Å². The number of aromatic amines is 1. The van der Waals surface area contributed by atoms with Crippen molar-refractivity contribution in [2.24, 2.45) is 0 Å². The number of carbonyl (C=O) groups is 1. The number of nitrogens with one attached hydrogen (secondary N) is 3. The predicted molar refractivity (Wildman–Crippen MR) is 101 cm³/mol. The molecule has 0 saturated heterocycles. The summed E-state index contributed by atoms with van der Waals surface area (Å²) in [6, 6.07) is 8.19. The highest BCUT2D eigenvalue weighted by atomic mass is 19.4. The Bertz CT molecular complexity index is 1240. The monoisotopic (exact) mass is 415 g/mol. The quantitative estimate of drug-likeness (QED) is 0.392. The standard InChI is InChI=1S/C18H12F3N7O2/c19-18(20,21)12-3-1-2-11(25-12)16-27-14-10(5-7-23-14)15(28-16)24-9-4-6-22-13(8-9)26-17(29)30/h1-8H,(H,29,30)(H3,22,23,24,26,27,28). The Morgan fingerprint density at radius 2 is 1.93 bits per heavy atom. The Morgan fingerprint density at radius 1 is 1.10 bits per heavy atom. The first-order valence-electron chi connectivity index (χ1n) is 8.42. The van der Waals surface area contributed by atoms with Gasteiger partial charge in [0.1, 0.15) is 28.7 Å². The van der Waals surface area contributed by atoms with Crippen molar-refractivity contribution >= 4 is 34.4 Å². The maximum atomic E-state index is 13.0. The van der Waals surface area contributed by atoms with Crippen LogP contribution in [0.3, 0.4) is 0 Å². The van der Waals surface area contributed by atoms with E-state index in [0.717, 1.165) is 6.07 Å². The highest BCUT2D eigenvalue weighted by Gasteiger charge is 2.32. The smallest absolute Gasteiger partial charge is 0.433 e. The van der Waals surface area contributed by atoms with E-state index in [2.05, 4.69) is 35.6 Å². The molecule has 12 heteroatoms. The number of pyridine rings is 2. The van der Waals surface area contributed by atoms with E-state index in [1.165, 1.54) is 24.4 Å². The number of H-pyrrole nitrogens is 1. The van der Waals surface area contributed by atoms with E-state index in [9.17, 15) is 18.0 Å². The molecule has 0 atom stereocenters. The molecule has 0 aliphatic carbocycles. The van der Waals surface area contributed by atoms with Crippen LogP contribution in [0.25, 0.3) is 22.6 Å². The first-order valence-corrected chi connectivity index (χ1v) is 8.42. The molecule has 0 aromatic carbocycles. The van der Waals surface area contributed by atoms with Gasteiger partial charge in [-0.3, -0.25) is 5.32 Å². The second-order valence-corrected chi connectivity index (χ2v) is 6.03. The fraction of sp³-hybridized carbons (Fsp3) is 0.0556. The summed E-state index contributed by atoms with van der Waals surface area (Å²) >= 11 is 0. The largest absolute Gasteiger partial charge is 0.465 e. The highest BCUT2D eigenvalue weighted by Crippen LogP contribution is 2.30. The number of alkyl halides is 3. The molecule has 0 aliphatic rings. The summed E-state index contributed by atoms with van der Waals surface area (Å²) in [5.74, 6) is 0.367. The van der Waals surface area contributed by atoms with Gasteiger partial charge in [-0.2, -0.15) is 13.2 Å². The number of amides is 1. The summed E-state index contributed by atoms with van der Waals surface area (Å²) in [4.78, 5) is 29.8. The zero-order valence-corrected chi connectivity index (χ0v) is 14.9. The Kier molecular flexibility index (Phi) is 4.66. The molecule has 0 aliphatic heterocycles. The van der Waals surface area contributed by atoms with Gasteiger partial charge in [-0.1, -0.05) is 6.07 Å². The molecule has 9 nitrogen and oxygen atoms in total. The van der Waals surface area contributed by atoms with Crippen molar-refractivity contribution in [3.63, 3.8) is 0 Å². The number of hydrogen-bond donors (Lipinski definition) is 4. The number of rotatable bonds is 4. The van der Waals surface area contributed by atoms with Crippen LogP contribution in [0, 0.1) is 0 Å². The van der Waals surface area contributed by atoms with Gasteiger partial charge in [0.2, 0.25) is 0 Å². The maximum Gasteiger partial charge on any atom is 0.433 e. The van der Waals surface area contributed by atoms with Crippen molar-refractivity contribution in [3.05, 3.63) is 54.5 Å². The van der Waals surface area contributed by atoms with Crippen molar-refractivity contribution in [1.29, 1.82) is 0 Å². The molecule has 0 saturated carbocycles. The van der Waals surface area contributed by atoms with Crippen molar-refractivity contribution in [1.82, 2.24) is 24.9 Å². The number of nitrogens with zero attached hydrogens (tertiary/aromatic N) is 4. The van der Waals surface area contributed by atoms with Gasteiger partial charge in [0.15, 0.2) is 5.82 Å². The fourth-order valence-electron chi connectivity index (χ4n) is 2.69. The molecule has 4 rings (SSSR count). The third kappa shape index (κ3) is 3.97. The first kappa shape index (κ1) is 19.1. The van der Waals surface area contributed by atoms with E-state index >= 15 is 0 Å². The average molecular weight is 415 g/mol. The van der Waals surface area contributed by atoms with Gasteiger partial charge in [-0.15, -0.1) is 0 Å². The molecule has 0 radical (unpaired) electrons. The van der Waals surface area contributed by atoms with E-state index in [0.29, 0.717) is 22.5 Å².